The highest BCUT2D eigenvalue weighted by Gasteiger charge is 2.25. The molecule has 244 valence electrons. The van der Waals surface area contributed by atoms with Gasteiger partial charge >= 0.3 is 12.1 Å². The summed E-state index contributed by atoms with van der Waals surface area (Å²) in [4.78, 5) is 38.2. The maximum absolute atomic E-state index is 13.3. The Kier molecular flexibility index (Phi) is 10.6. The molecule has 2 aromatic heterocycles. The summed E-state index contributed by atoms with van der Waals surface area (Å²) >= 11 is 6.23. The molecule has 0 saturated heterocycles. The standard InChI is InChI=1S/C32H33ClN8O6/c1-3-47-31(43)27-7-5-4-6-26(37-30(42)13-8-20-15-23(33)9-12-29(20)41-19-34-38-39-41)22-14-21(17-40(45)18-22)25-11-10-24(16-28(25)36-27)35-32(44)46-2/h8-19,26-27,36H,3-7H2,1-2H3,(H2-,35,37,42,44,45)/p+1/b13-8+/t26-,27?/m0/s1. The van der Waals surface area contributed by atoms with Gasteiger partial charge in [-0.05, 0) is 72.7 Å². The van der Waals surface area contributed by atoms with Gasteiger partial charge in [0.2, 0.25) is 18.3 Å². The van der Waals surface area contributed by atoms with E-state index in [9.17, 15) is 19.6 Å². The number of tetrazole rings is 1. The minimum Gasteiger partial charge on any atom is -0.464 e. The first kappa shape index (κ1) is 32.9. The van der Waals surface area contributed by atoms with Gasteiger partial charge in [0.05, 0.1) is 31.0 Å². The van der Waals surface area contributed by atoms with E-state index in [4.69, 9.17) is 21.1 Å². The average Bonchev–Trinajstić information content (AvgIpc) is 3.59. The van der Waals surface area contributed by atoms with Gasteiger partial charge in [0.25, 0.3) is 0 Å². The monoisotopic (exact) mass is 661 g/mol. The second kappa shape index (κ2) is 15.2. The third-order valence-electron chi connectivity index (χ3n) is 7.49. The number of pyridine rings is 1. The fraction of sp³-hybridized carbons (Fsp3) is 0.281. The molecule has 0 saturated carbocycles. The maximum atomic E-state index is 13.3. The fourth-order valence-electron chi connectivity index (χ4n) is 5.31. The van der Waals surface area contributed by atoms with Crippen LogP contribution in [0.4, 0.5) is 16.2 Å². The first-order valence-corrected chi connectivity index (χ1v) is 15.3. The minimum atomic E-state index is -0.686. The molecule has 5 rings (SSSR count). The van der Waals surface area contributed by atoms with Crippen LogP contribution in [0.15, 0.2) is 67.3 Å². The number of fused-ring (bicyclic) bond motifs is 4. The molecule has 2 bridgehead atoms. The number of carbonyl (C=O) groups is 3. The molecule has 4 N–H and O–H groups in total. The lowest BCUT2D eigenvalue weighted by molar-refractivity contribution is -0.904. The van der Waals surface area contributed by atoms with Crippen molar-refractivity contribution in [3.63, 3.8) is 0 Å². The Balaban J connectivity index is 1.48. The van der Waals surface area contributed by atoms with Crippen LogP contribution >= 0.6 is 11.6 Å². The van der Waals surface area contributed by atoms with Crippen LogP contribution in [0, 0.1) is 0 Å². The number of carbonyl (C=O) groups excluding carboxylic acids is 3. The predicted molar refractivity (Wildman–Crippen MR) is 172 cm³/mol. The Morgan fingerprint density at radius 1 is 1.15 bits per heavy atom. The van der Waals surface area contributed by atoms with E-state index < -0.39 is 24.1 Å². The summed E-state index contributed by atoms with van der Waals surface area (Å²) in [5.74, 6) is -0.783. The molecular formula is C32H34ClN8O6+. The zero-order valence-corrected chi connectivity index (χ0v) is 26.5. The number of halogens is 1. The molecule has 1 unspecified atom stereocenters. The first-order chi connectivity index (χ1) is 22.7. The van der Waals surface area contributed by atoms with Gasteiger partial charge in [-0.2, -0.15) is 4.68 Å². The quantitative estimate of drug-likeness (QED) is 0.0957. The van der Waals surface area contributed by atoms with Gasteiger partial charge in [0.15, 0.2) is 0 Å². The molecule has 14 nitrogen and oxygen atoms in total. The van der Waals surface area contributed by atoms with Crippen molar-refractivity contribution in [2.45, 2.75) is 44.7 Å². The number of rotatable bonds is 7. The predicted octanol–water partition coefficient (Wildman–Crippen LogP) is 4.47. The number of aromatic nitrogens is 5. The largest absolute Gasteiger partial charge is 0.464 e. The molecule has 0 aliphatic carbocycles. The van der Waals surface area contributed by atoms with E-state index in [0.29, 0.717) is 70.0 Å². The number of hydrogen-bond acceptors (Lipinski definition) is 10. The second-order valence-electron chi connectivity index (χ2n) is 10.7. The van der Waals surface area contributed by atoms with E-state index in [1.807, 2.05) is 6.07 Å². The molecule has 0 radical (unpaired) electrons. The van der Waals surface area contributed by atoms with E-state index in [-0.39, 0.29) is 12.5 Å². The summed E-state index contributed by atoms with van der Waals surface area (Å²) < 4.78 is 12.5. The van der Waals surface area contributed by atoms with Gasteiger partial charge in [0.1, 0.15) is 12.4 Å². The summed E-state index contributed by atoms with van der Waals surface area (Å²) in [7, 11) is 1.26. The second-order valence-corrected chi connectivity index (χ2v) is 11.1. The van der Waals surface area contributed by atoms with E-state index in [0.717, 1.165) is 4.73 Å². The van der Waals surface area contributed by atoms with Crippen molar-refractivity contribution in [2.75, 3.05) is 24.4 Å². The summed E-state index contributed by atoms with van der Waals surface area (Å²) in [6.07, 6.45) is 9.14. The van der Waals surface area contributed by atoms with Crippen LogP contribution in [0.5, 0.6) is 0 Å². The fourth-order valence-corrected chi connectivity index (χ4v) is 5.49. The average molecular weight is 662 g/mol. The zero-order valence-electron chi connectivity index (χ0n) is 25.7. The van der Waals surface area contributed by atoms with Crippen LogP contribution < -0.4 is 20.7 Å². The number of anilines is 2. The Morgan fingerprint density at radius 3 is 2.74 bits per heavy atom. The molecule has 3 heterocycles. The molecule has 2 amide bonds. The van der Waals surface area contributed by atoms with E-state index in [1.165, 1.54) is 30.4 Å². The highest BCUT2D eigenvalue weighted by Crippen LogP contribution is 2.34. The lowest BCUT2D eigenvalue weighted by atomic mass is 9.95. The third-order valence-corrected chi connectivity index (χ3v) is 7.73. The lowest BCUT2D eigenvalue weighted by Gasteiger charge is -2.23. The molecule has 0 spiro atoms. The molecule has 2 aromatic carbocycles. The normalized spacial score (nSPS) is 16.1. The van der Waals surface area contributed by atoms with Gasteiger partial charge in [-0.1, -0.05) is 30.5 Å². The Labute approximate surface area is 275 Å². The Hall–Kier alpha value is -5.50. The number of amides is 2. The number of esters is 1. The summed E-state index contributed by atoms with van der Waals surface area (Å²) in [6.45, 7) is 1.96. The Bertz CT molecular complexity index is 1780. The van der Waals surface area contributed by atoms with Gasteiger partial charge in [-0.15, -0.1) is 5.10 Å². The topological polar surface area (TPSA) is 173 Å². The lowest BCUT2D eigenvalue weighted by Crippen LogP contribution is -2.34. The number of hydrogen-bond donors (Lipinski definition) is 4. The summed E-state index contributed by atoms with van der Waals surface area (Å²) in [5.41, 5.74) is 4.12. The molecule has 1 aliphatic rings. The molecule has 47 heavy (non-hydrogen) atoms. The van der Waals surface area contributed by atoms with Gasteiger partial charge in [0, 0.05) is 43.9 Å². The van der Waals surface area contributed by atoms with Gasteiger partial charge in [-0.25, -0.2) is 9.59 Å². The minimum absolute atomic E-state index is 0.217. The van der Waals surface area contributed by atoms with Crippen LogP contribution in [0.3, 0.4) is 0 Å². The van der Waals surface area contributed by atoms with Crippen molar-refractivity contribution < 1.29 is 33.8 Å². The van der Waals surface area contributed by atoms with Crippen molar-refractivity contribution in [3.05, 3.63) is 83.4 Å². The maximum Gasteiger partial charge on any atom is 0.411 e. The molecule has 4 aromatic rings. The van der Waals surface area contributed by atoms with Crippen molar-refractivity contribution in [3.8, 4) is 16.8 Å². The molecule has 1 aliphatic heterocycles. The number of nitrogens with one attached hydrogen (secondary N) is 3. The van der Waals surface area contributed by atoms with Gasteiger partial charge < -0.3 is 20.1 Å². The molecule has 2 atom stereocenters. The van der Waals surface area contributed by atoms with Crippen LogP contribution in [-0.4, -0.2) is 63.1 Å². The first-order valence-electron chi connectivity index (χ1n) is 14.9. The summed E-state index contributed by atoms with van der Waals surface area (Å²) in [5, 5.41) is 31.5. The third kappa shape index (κ3) is 8.41. The Morgan fingerprint density at radius 2 is 1.98 bits per heavy atom. The van der Waals surface area contributed by atoms with Crippen molar-refractivity contribution in [1.29, 1.82) is 0 Å². The van der Waals surface area contributed by atoms with E-state index in [2.05, 4.69) is 31.5 Å². The van der Waals surface area contributed by atoms with Gasteiger partial charge in [-0.3, -0.25) is 15.3 Å². The van der Waals surface area contributed by atoms with Crippen molar-refractivity contribution in [1.82, 2.24) is 25.5 Å². The highest BCUT2D eigenvalue weighted by molar-refractivity contribution is 6.30. The van der Waals surface area contributed by atoms with Crippen molar-refractivity contribution >= 4 is 47.0 Å². The SMILES string of the molecule is CCOC(=O)C1CCCC[C@H](NC(=O)/C=C/c2cc(Cl)ccc2-n2cnnn2)c2cc(c[n+](O)c2)-c2ccc(NC(=O)OC)cc2N1. The number of ether oxygens (including phenoxy) is 2. The summed E-state index contributed by atoms with van der Waals surface area (Å²) in [6, 6.07) is 11.0. The smallest absolute Gasteiger partial charge is 0.411 e. The molecular weight excluding hydrogens is 628 g/mol. The number of benzene rings is 2. The molecule has 15 heteroatoms. The van der Waals surface area contributed by atoms with E-state index >= 15 is 0 Å². The molecule has 0 fully saturated rings. The van der Waals surface area contributed by atoms with E-state index in [1.54, 1.807) is 55.6 Å². The highest BCUT2D eigenvalue weighted by atomic mass is 35.5. The number of methoxy groups -OCH3 is 1. The zero-order chi connectivity index (χ0) is 33.3. The number of nitrogens with zero attached hydrogens (tertiary/aromatic N) is 5. The van der Waals surface area contributed by atoms with Crippen LogP contribution in [0.25, 0.3) is 22.9 Å². The van der Waals surface area contributed by atoms with Crippen LogP contribution in [0.1, 0.15) is 49.8 Å². The van der Waals surface area contributed by atoms with Crippen LogP contribution in [0.2, 0.25) is 5.02 Å². The van der Waals surface area contributed by atoms with Crippen molar-refractivity contribution in [2.24, 2.45) is 0 Å². The van der Waals surface area contributed by atoms with Crippen LogP contribution in [-0.2, 0) is 19.1 Å².